The molecule has 2 heterocycles. The maximum Gasteiger partial charge on any atom is 0.573 e. The van der Waals surface area contributed by atoms with E-state index in [1.165, 1.54) is 20.1 Å². The average Bonchev–Trinajstić information content (AvgIpc) is 2.73. The topological polar surface area (TPSA) is 68.3 Å². The summed E-state index contributed by atoms with van der Waals surface area (Å²) >= 11 is 0. The van der Waals surface area contributed by atoms with Crippen LogP contribution >= 0.6 is 0 Å². The van der Waals surface area contributed by atoms with Crippen molar-refractivity contribution < 1.29 is 37.0 Å². The normalized spacial score (nSPS) is 22.6. The molecule has 3 rings (SSSR count). The van der Waals surface area contributed by atoms with Gasteiger partial charge >= 0.3 is 18.4 Å². The van der Waals surface area contributed by atoms with Gasteiger partial charge in [-0.1, -0.05) is 12.1 Å². The van der Waals surface area contributed by atoms with E-state index in [1.807, 2.05) is 0 Å². The Bertz CT molecular complexity index is 780. The van der Waals surface area contributed by atoms with E-state index in [2.05, 4.69) is 4.74 Å². The van der Waals surface area contributed by atoms with Crippen molar-refractivity contribution >= 4 is 12.0 Å². The Kier molecular flexibility index (Phi) is 6.74. The molecule has 1 aromatic carbocycles. The first-order chi connectivity index (χ1) is 14.2. The number of halogens is 3. The van der Waals surface area contributed by atoms with Crippen LogP contribution in [0.25, 0.3) is 0 Å². The van der Waals surface area contributed by atoms with Gasteiger partial charge in [0.25, 0.3) is 0 Å². The highest BCUT2D eigenvalue weighted by atomic mass is 19.4. The Hall–Kier alpha value is -2.49. The molecule has 7 nitrogen and oxygen atoms in total. The van der Waals surface area contributed by atoms with Crippen LogP contribution in [0, 0.1) is 12.8 Å². The van der Waals surface area contributed by atoms with E-state index < -0.39 is 18.2 Å². The highest BCUT2D eigenvalue weighted by molar-refractivity contribution is 5.77. The molecule has 0 aliphatic carbocycles. The number of rotatable bonds is 3. The van der Waals surface area contributed by atoms with Crippen molar-refractivity contribution in [3.05, 3.63) is 29.3 Å². The Morgan fingerprint density at radius 1 is 1.13 bits per heavy atom. The van der Waals surface area contributed by atoms with Crippen molar-refractivity contribution in [3.63, 3.8) is 0 Å². The fourth-order valence-corrected chi connectivity index (χ4v) is 3.95. The van der Waals surface area contributed by atoms with Crippen LogP contribution in [0.2, 0.25) is 0 Å². The molecule has 166 valence electrons. The minimum atomic E-state index is -4.77. The summed E-state index contributed by atoms with van der Waals surface area (Å²) in [7, 11) is 1.30. The van der Waals surface area contributed by atoms with E-state index in [0.29, 0.717) is 44.8 Å². The van der Waals surface area contributed by atoms with Gasteiger partial charge in [0.1, 0.15) is 5.75 Å². The number of likely N-dealkylation sites (tertiary alicyclic amines) is 1. The Labute approximate surface area is 172 Å². The van der Waals surface area contributed by atoms with Gasteiger partial charge in [0.05, 0.1) is 26.2 Å². The summed E-state index contributed by atoms with van der Waals surface area (Å²) in [6.07, 6.45) is -4.33. The molecule has 0 radical (unpaired) electrons. The number of nitrogens with zero attached hydrogens (tertiary/aromatic N) is 2. The maximum atomic E-state index is 13.0. The number of methoxy groups -OCH3 is 1. The second-order valence-electron chi connectivity index (χ2n) is 7.51. The molecule has 2 fully saturated rings. The number of benzene rings is 1. The van der Waals surface area contributed by atoms with Gasteiger partial charge in [-0.2, -0.15) is 0 Å². The lowest BCUT2D eigenvalue weighted by Gasteiger charge is -2.40. The van der Waals surface area contributed by atoms with Gasteiger partial charge < -0.3 is 24.0 Å². The van der Waals surface area contributed by atoms with Crippen LogP contribution in [0.4, 0.5) is 18.0 Å². The summed E-state index contributed by atoms with van der Waals surface area (Å²) < 4.78 is 51.8. The number of alkyl halides is 3. The monoisotopic (exact) mass is 430 g/mol. The standard InChI is InChI=1S/C20H25F3N2O5/c1-13-9-14(3-4-17(13)30-20(21,22)23)15-10-16(18(26)28-2)12-25(11-15)19(27)24-5-7-29-8-6-24/h3-4,9,15-16H,5-8,10-12H2,1-2H3. The molecule has 0 saturated carbocycles. The van der Waals surface area contributed by atoms with Gasteiger partial charge in [0.15, 0.2) is 0 Å². The highest BCUT2D eigenvalue weighted by Crippen LogP contribution is 2.35. The van der Waals surface area contributed by atoms with E-state index in [9.17, 15) is 22.8 Å². The Morgan fingerprint density at radius 3 is 2.43 bits per heavy atom. The largest absolute Gasteiger partial charge is 0.573 e. The molecule has 10 heteroatoms. The first-order valence-corrected chi connectivity index (χ1v) is 9.73. The van der Waals surface area contributed by atoms with Crippen LogP contribution < -0.4 is 4.74 Å². The summed E-state index contributed by atoms with van der Waals surface area (Å²) in [6, 6.07) is 4.26. The fourth-order valence-electron chi connectivity index (χ4n) is 3.95. The lowest BCUT2D eigenvalue weighted by Crippen LogP contribution is -2.53. The van der Waals surface area contributed by atoms with Crippen LogP contribution in [0.1, 0.15) is 23.5 Å². The summed E-state index contributed by atoms with van der Waals surface area (Å²) in [4.78, 5) is 28.5. The zero-order valence-electron chi connectivity index (χ0n) is 16.9. The van der Waals surface area contributed by atoms with Gasteiger partial charge in [-0.15, -0.1) is 13.2 Å². The van der Waals surface area contributed by atoms with Gasteiger partial charge in [-0.3, -0.25) is 4.79 Å². The molecule has 1 aromatic rings. The third-order valence-electron chi connectivity index (χ3n) is 5.43. The zero-order valence-corrected chi connectivity index (χ0v) is 16.9. The number of morpholine rings is 1. The minimum Gasteiger partial charge on any atom is -0.469 e. The van der Waals surface area contributed by atoms with Crippen molar-refractivity contribution in [3.8, 4) is 5.75 Å². The smallest absolute Gasteiger partial charge is 0.469 e. The third-order valence-corrected chi connectivity index (χ3v) is 5.43. The van der Waals surface area contributed by atoms with E-state index >= 15 is 0 Å². The van der Waals surface area contributed by atoms with Crippen molar-refractivity contribution in [2.75, 3.05) is 46.5 Å². The number of piperidine rings is 1. The van der Waals surface area contributed by atoms with E-state index in [0.717, 1.165) is 5.56 Å². The number of esters is 1. The number of ether oxygens (including phenoxy) is 3. The zero-order chi connectivity index (χ0) is 21.9. The van der Waals surface area contributed by atoms with E-state index in [4.69, 9.17) is 9.47 Å². The molecular formula is C20H25F3N2O5. The molecule has 2 atom stereocenters. The predicted molar refractivity (Wildman–Crippen MR) is 100 cm³/mol. The lowest BCUT2D eigenvalue weighted by molar-refractivity contribution is -0.274. The molecule has 0 bridgehead atoms. The predicted octanol–water partition coefficient (Wildman–Crippen LogP) is 2.92. The number of carbonyl (C=O) groups is 2. The van der Waals surface area contributed by atoms with Gasteiger partial charge in [-0.25, -0.2) is 4.79 Å². The Balaban J connectivity index is 1.81. The molecule has 2 unspecified atom stereocenters. The number of urea groups is 1. The van der Waals surface area contributed by atoms with Crippen molar-refractivity contribution in [1.29, 1.82) is 0 Å². The highest BCUT2D eigenvalue weighted by Gasteiger charge is 2.37. The quantitative estimate of drug-likeness (QED) is 0.690. The summed E-state index contributed by atoms with van der Waals surface area (Å²) in [5.74, 6) is -1.40. The average molecular weight is 430 g/mol. The first kappa shape index (κ1) is 22.2. The van der Waals surface area contributed by atoms with Crippen LogP contribution in [0.5, 0.6) is 5.75 Å². The van der Waals surface area contributed by atoms with E-state index in [-0.39, 0.29) is 24.2 Å². The molecule has 2 aliphatic rings. The molecule has 0 spiro atoms. The molecule has 30 heavy (non-hydrogen) atoms. The van der Waals surface area contributed by atoms with Crippen LogP contribution in [-0.2, 0) is 14.3 Å². The molecule has 0 aromatic heterocycles. The third kappa shape index (κ3) is 5.35. The molecular weight excluding hydrogens is 405 g/mol. The maximum absolute atomic E-state index is 13.0. The lowest BCUT2D eigenvalue weighted by atomic mass is 9.84. The van der Waals surface area contributed by atoms with E-state index in [1.54, 1.807) is 21.9 Å². The minimum absolute atomic E-state index is 0.175. The van der Waals surface area contributed by atoms with Crippen LogP contribution in [-0.4, -0.2) is 74.7 Å². The Morgan fingerprint density at radius 2 is 1.83 bits per heavy atom. The molecule has 2 amide bonds. The number of aryl methyl sites for hydroxylation is 1. The van der Waals surface area contributed by atoms with Crippen molar-refractivity contribution in [2.24, 2.45) is 5.92 Å². The molecule has 2 saturated heterocycles. The number of carbonyl (C=O) groups excluding carboxylic acids is 2. The number of hydrogen-bond donors (Lipinski definition) is 0. The molecule has 0 N–H and O–H groups in total. The second kappa shape index (κ2) is 9.11. The summed E-state index contributed by atoms with van der Waals surface area (Å²) in [6.45, 7) is 4.02. The van der Waals surface area contributed by atoms with Gasteiger partial charge in [0.2, 0.25) is 0 Å². The summed E-state index contributed by atoms with van der Waals surface area (Å²) in [5.41, 5.74) is 1.08. The summed E-state index contributed by atoms with van der Waals surface area (Å²) in [5, 5.41) is 0. The fraction of sp³-hybridized carbons (Fsp3) is 0.600. The number of hydrogen-bond acceptors (Lipinski definition) is 5. The van der Waals surface area contributed by atoms with Crippen LogP contribution in [0.3, 0.4) is 0 Å². The second-order valence-corrected chi connectivity index (χ2v) is 7.51. The SMILES string of the molecule is COC(=O)C1CC(c2ccc(OC(F)(F)F)c(C)c2)CN(C(=O)N2CCOCC2)C1. The first-order valence-electron chi connectivity index (χ1n) is 9.73. The van der Waals surface area contributed by atoms with Gasteiger partial charge in [-0.05, 0) is 30.5 Å². The van der Waals surface area contributed by atoms with Crippen LogP contribution in [0.15, 0.2) is 18.2 Å². The van der Waals surface area contributed by atoms with Crippen molar-refractivity contribution in [2.45, 2.75) is 25.6 Å². The van der Waals surface area contributed by atoms with Crippen molar-refractivity contribution in [1.82, 2.24) is 9.80 Å². The number of amides is 2. The molecule has 2 aliphatic heterocycles. The van der Waals surface area contributed by atoms with Gasteiger partial charge in [0, 0.05) is 32.1 Å².